The van der Waals surface area contributed by atoms with E-state index in [1.807, 2.05) is 13.8 Å². The van der Waals surface area contributed by atoms with Gasteiger partial charge in [0.25, 0.3) is 0 Å². The summed E-state index contributed by atoms with van der Waals surface area (Å²) < 4.78 is 33.0. The number of ether oxygens (including phenoxy) is 1. The zero-order chi connectivity index (χ0) is 15.0. The van der Waals surface area contributed by atoms with E-state index in [9.17, 15) is 8.42 Å². The Morgan fingerprint density at radius 3 is 2.55 bits per heavy atom. The van der Waals surface area contributed by atoms with Crippen molar-refractivity contribution in [3.8, 4) is 5.75 Å². The number of rotatable bonds is 6. The fraction of sp³-hybridized carbons (Fsp3) is 0.571. The van der Waals surface area contributed by atoms with Crippen LogP contribution in [0.2, 0.25) is 0 Å². The second-order valence-electron chi connectivity index (χ2n) is 5.74. The molecule has 6 heteroatoms. The van der Waals surface area contributed by atoms with Crippen LogP contribution in [0.3, 0.4) is 0 Å². The third-order valence-electron chi connectivity index (χ3n) is 3.70. The van der Waals surface area contributed by atoms with Gasteiger partial charge in [-0.3, -0.25) is 0 Å². The van der Waals surface area contributed by atoms with Crippen molar-refractivity contribution in [2.75, 3.05) is 7.11 Å². The van der Waals surface area contributed by atoms with Crippen LogP contribution in [0.4, 0.5) is 0 Å². The smallest absolute Gasteiger partial charge is 0.244 e. The predicted octanol–water partition coefficient (Wildman–Crippen LogP) is 1.65. The Hall–Kier alpha value is -1.11. The number of sulfonamides is 1. The van der Waals surface area contributed by atoms with Gasteiger partial charge in [0.05, 0.1) is 13.7 Å². The summed E-state index contributed by atoms with van der Waals surface area (Å²) in [6, 6.07) is 4.65. The van der Waals surface area contributed by atoms with Crippen LogP contribution in [0.25, 0.3) is 0 Å². The van der Waals surface area contributed by atoms with Gasteiger partial charge in [-0.25, -0.2) is 13.1 Å². The Kier molecular flexibility index (Phi) is 4.09. The van der Waals surface area contributed by atoms with Gasteiger partial charge < -0.3 is 9.84 Å². The molecule has 0 aromatic heterocycles. The maximum Gasteiger partial charge on any atom is 0.244 e. The molecule has 1 aliphatic carbocycles. The molecule has 2 rings (SSSR count). The van der Waals surface area contributed by atoms with Crippen molar-refractivity contribution in [1.82, 2.24) is 4.72 Å². The van der Waals surface area contributed by atoms with Gasteiger partial charge >= 0.3 is 0 Å². The van der Waals surface area contributed by atoms with Crippen LogP contribution in [0.5, 0.6) is 5.75 Å². The number of aliphatic hydroxyl groups is 1. The predicted molar refractivity (Wildman–Crippen MR) is 76.0 cm³/mol. The minimum Gasteiger partial charge on any atom is -0.495 e. The van der Waals surface area contributed by atoms with Crippen LogP contribution >= 0.6 is 0 Å². The van der Waals surface area contributed by atoms with Gasteiger partial charge in [0.2, 0.25) is 10.0 Å². The summed E-state index contributed by atoms with van der Waals surface area (Å²) in [5.74, 6) is 0.658. The van der Waals surface area contributed by atoms with E-state index < -0.39 is 15.6 Å². The van der Waals surface area contributed by atoms with Gasteiger partial charge in [0, 0.05) is 5.54 Å². The third kappa shape index (κ3) is 3.13. The standard InChI is InChI=1S/C14H21NO4S/c1-14(2,11-5-6-11)15-20(17,18)13-8-10(9-16)4-7-12(13)19-3/h4,7-8,11,15-16H,5-6,9H2,1-3H3. The number of aliphatic hydroxyl groups excluding tert-OH is 1. The summed E-state index contributed by atoms with van der Waals surface area (Å²) in [6.45, 7) is 3.58. The van der Waals surface area contributed by atoms with E-state index in [2.05, 4.69) is 4.72 Å². The average Bonchev–Trinajstić information content (AvgIpc) is 3.21. The van der Waals surface area contributed by atoms with E-state index in [0.29, 0.717) is 11.5 Å². The van der Waals surface area contributed by atoms with E-state index in [0.717, 1.165) is 12.8 Å². The van der Waals surface area contributed by atoms with Gasteiger partial charge in [-0.15, -0.1) is 0 Å². The highest BCUT2D eigenvalue weighted by atomic mass is 32.2. The lowest BCUT2D eigenvalue weighted by atomic mass is 10.0. The molecule has 0 spiro atoms. The second kappa shape index (κ2) is 5.35. The monoisotopic (exact) mass is 299 g/mol. The molecular weight excluding hydrogens is 278 g/mol. The topological polar surface area (TPSA) is 75.6 Å². The van der Waals surface area contributed by atoms with Crippen LogP contribution in [-0.4, -0.2) is 26.2 Å². The van der Waals surface area contributed by atoms with Gasteiger partial charge in [-0.1, -0.05) is 6.07 Å². The molecule has 0 saturated heterocycles. The number of hydrogen-bond acceptors (Lipinski definition) is 4. The second-order valence-corrected chi connectivity index (χ2v) is 7.40. The Morgan fingerprint density at radius 2 is 2.05 bits per heavy atom. The molecule has 0 radical (unpaired) electrons. The van der Waals surface area contributed by atoms with Crippen molar-refractivity contribution in [2.45, 2.75) is 43.7 Å². The Balaban J connectivity index is 2.37. The molecule has 1 aromatic rings. The van der Waals surface area contributed by atoms with Crippen molar-refractivity contribution in [2.24, 2.45) is 5.92 Å². The summed E-state index contributed by atoms with van der Waals surface area (Å²) in [7, 11) is -2.25. The van der Waals surface area contributed by atoms with E-state index >= 15 is 0 Å². The first-order valence-electron chi connectivity index (χ1n) is 6.62. The van der Waals surface area contributed by atoms with Gasteiger partial charge in [-0.2, -0.15) is 0 Å². The van der Waals surface area contributed by atoms with Gasteiger partial charge in [-0.05, 0) is 50.3 Å². The first-order chi connectivity index (χ1) is 9.30. The molecule has 0 amide bonds. The highest BCUT2D eigenvalue weighted by Crippen LogP contribution is 2.40. The third-order valence-corrected chi connectivity index (χ3v) is 5.39. The van der Waals surface area contributed by atoms with Crippen LogP contribution in [0.1, 0.15) is 32.3 Å². The maximum absolute atomic E-state index is 12.6. The van der Waals surface area contributed by atoms with E-state index in [1.165, 1.54) is 13.2 Å². The number of methoxy groups -OCH3 is 1. The lowest BCUT2D eigenvalue weighted by molar-refractivity contribution is 0.281. The summed E-state index contributed by atoms with van der Waals surface area (Å²) in [6.07, 6.45) is 2.09. The zero-order valence-electron chi connectivity index (χ0n) is 12.0. The first kappa shape index (κ1) is 15.3. The van der Waals surface area contributed by atoms with Crippen LogP contribution in [0.15, 0.2) is 23.1 Å². The van der Waals surface area contributed by atoms with Crippen LogP contribution < -0.4 is 9.46 Å². The summed E-state index contributed by atoms with van der Waals surface area (Å²) in [4.78, 5) is 0.0697. The summed E-state index contributed by atoms with van der Waals surface area (Å²) >= 11 is 0. The van der Waals surface area contributed by atoms with Gasteiger partial charge in [0.1, 0.15) is 10.6 Å². The van der Waals surface area contributed by atoms with Gasteiger partial charge in [0.15, 0.2) is 0 Å². The molecule has 1 aliphatic rings. The summed E-state index contributed by atoms with van der Waals surface area (Å²) in [5, 5.41) is 9.17. The molecule has 1 saturated carbocycles. The quantitative estimate of drug-likeness (QED) is 0.837. The average molecular weight is 299 g/mol. The largest absolute Gasteiger partial charge is 0.495 e. The first-order valence-corrected chi connectivity index (χ1v) is 8.10. The molecular formula is C14H21NO4S. The van der Waals surface area contributed by atoms with Crippen molar-refractivity contribution in [3.05, 3.63) is 23.8 Å². The fourth-order valence-electron chi connectivity index (χ4n) is 2.32. The highest BCUT2D eigenvalue weighted by Gasteiger charge is 2.41. The van der Waals surface area contributed by atoms with E-state index in [4.69, 9.17) is 9.84 Å². The Bertz CT molecular complexity index is 591. The molecule has 0 aliphatic heterocycles. The van der Waals surface area contributed by atoms with Crippen molar-refractivity contribution >= 4 is 10.0 Å². The minimum absolute atomic E-state index is 0.0697. The van der Waals surface area contributed by atoms with Crippen molar-refractivity contribution in [3.63, 3.8) is 0 Å². The van der Waals surface area contributed by atoms with Crippen molar-refractivity contribution < 1.29 is 18.3 Å². The summed E-state index contributed by atoms with van der Waals surface area (Å²) in [5.41, 5.74) is 0.0643. The van der Waals surface area contributed by atoms with E-state index in [-0.39, 0.29) is 17.3 Å². The zero-order valence-corrected chi connectivity index (χ0v) is 12.8. The molecule has 0 heterocycles. The molecule has 20 heavy (non-hydrogen) atoms. The number of benzene rings is 1. The van der Waals surface area contributed by atoms with E-state index in [1.54, 1.807) is 12.1 Å². The fourth-order valence-corrected chi connectivity index (χ4v) is 4.01. The number of hydrogen-bond donors (Lipinski definition) is 2. The highest BCUT2D eigenvalue weighted by molar-refractivity contribution is 7.89. The Labute approximate surface area is 120 Å². The molecule has 112 valence electrons. The minimum atomic E-state index is -3.68. The lowest BCUT2D eigenvalue weighted by Crippen LogP contribution is -2.45. The molecule has 1 aromatic carbocycles. The molecule has 0 unspecified atom stereocenters. The lowest BCUT2D eigenvalue weighted by Gasteiger charge is -2.26. The SMILES string of the molecule is COc1ccc(CO)cc1S(=O)(=O)NC(C)(C)C1CC1. The molecule has 1 fully saturated rings. The maximum atomic E-state index is 12.6. The Morgan fingerprint density at radius 1 is 1.40 bits per heavy atom. The molecule has 5 nitrogen and oxygen atoms in total. The normalized spacial score (nSPS) is 16.2. The number of nitrogens with one attached hydrogen (secondary N) is 1. The molecule has 2 N–H and O–H groups in total. The molecule has 0 atom stereocenters. The molecule has 0 bridgehead atoms. The van der Waals surface area contributed by atoms with Crippen molar-refractivity contribution in [1.29, 1.82) is 0 Å². The van der Waals surface area contributed by atoms with Crippen LogP contribution in [0, 0.1) is 5.92 Å². The van der Waals surface area contributed by atoms with Crippen LogP contribution in [-0.2, 0) is 16.6 Å².